The number of carbonyl (C=O) groups excluding carboxylic acids is 1. The van der Waals surface area contributed by atoms with Crippen molar-refractivity contribution < 1.29 is 4.79 Å². The van der Waals surface area contributed by atoms with Crippen LogP contribution in [0.25, 0.3) is 5.70 Å². The topological polar surface area (TPSA) is 60.9 Å². The van der Waals surface area contributed by atoms with Gasteiger partial charge in [-0.2, -0.15) is 5.10 Å². The minimum Gasteiger partial charge on any atom is -0.384 e. The van der Waals surface area contributed by atoms with E-state index in [0.717, 1.165) is 29.8 Å². The molecule has 0 aliphatic carbocycles. The maximum absolute atomic E-state index is 11.6. The molecule has 4 nitrogen and oxygen atoms in total. The molecule has 1 aromatic heterocycles. The highest BCUT2D eigenvalue weighted by Crippen LogP contribution is 2.25. The highest BCUT2D eigenvalue weighted by Gasteiger charge is 2.19. The third-order valence-electron chi connectivity index (χ3n) is 3.91. The number of carbonyl (C=O) groups is 1. The summed E-state index contributed by atoms with van der Waals surface area (Å²) >= 11 is 0. The quantitative estimate of drug-likeness (QED) is 0.621. The minimum atomic E-state index is -0.0519. The average molecular weight is 344 g/mol. The smallest absolute Gasteiger partial charge is 0.133 e. The molecule has 1 rings (SSSR count). The van der Waals surface area contributed by atoms with Crippen LogP contribution in [-0.2, 0) is 10.2 Å². The van der Waals surface area contributed by atoms with E-state index >= 15 is 0 Å². The molecule has 0 amide bonds. The van der Waals surface area contributed by atoms with Crippen molar-refractivity contribution in [1.29, 1.82) is 0 Å². The van der Waals surface area contributed by atoms with Crippen LogP contribution in [0.1, 0.15) is 72.4 Å². The Kier molecular flexibility index (Phi) is 7.88. The van der Waals surface area contributed by atoms with Crippen LogP contribution in [-0.4, -0.2) is 15.6 Å². The molecule has 0 aliphatic heterocycles. The van der Waals surface area contributed by atoms with Gasteiger partial charge in [-0.3, -0.25) is 4.79 Å². The molecule has 0 radical (unpaired) electrons. The molecule has 0 aromatic carbocycles. The fourth-order valence-corrected chi connectivity index (χ4v) is 2.39. The highest BCUT2D eigenvalue weighted by molar-refractivity contribution is 5.78. The van der Waals surface area contributed by atoms with Crippen LogP contribution < -0.4 is 5.73 Å². The summed E-state index contributed by atoms with van der Waals surface area (Å²) in [6.07, 6.45) is 9.70. The molecule has 1 heterocycles. The van der Waals surface area contributed by atoms with E-state index < -0.39 is 0 Å². The molecule has 138 valence electrons. The second-order valence-electron chi connectivity index (χ2n) is 7.43. The van der Waals surface area contributed by atoms with Crippen molar-refractivity contribution in [2.24, 2.45) is 0 Å². The van der Waals surface area contributed by atoms with Crippen molar-refractivity contribution in [2.45, 2.75) is 72.1 Å². The minimum absolute atomic E-state index is 0.0519. The third-order valence-corrected chi connectivity index (χ3v) is 3.91. The van der Waals surface area contributed by atoms with Gasteiger partial charge in [-0.25, -0.2) is 4.68 Å². The predicted molar refractivity (Wildman–Crippen MR) is 107 cm³/mol. The van der Waals surface area contributed by atoms with Crippen molar-refractivity contribution in [3.8, 4) is 0 Å². The van der Waals surface area contributed by atoms with Gasteiger partial charge >= 0.3 is 0 Å². The second kappa shape index (κ2) is 9.40. The number of ketones is 1. The van der Waals surface area contributed by atoms with Gasteiger partial charge in [0.2, 0.25) is 0 Å². The molecule has 4 heteroatoms. The first-order valence-corrected chi connectivity index (χ1v) is 9.13. The van der Waals surface area contributed by atoms with Crippen molar-refractivity contribution in [3.63, 3.8) is 0 Å². The highest BCUT2D eigenvalue weighted by atomic mass is 16.1. The summed E-state index contributed by atoms with van der Waals surface area (Å²) in [4.78, 5) is 11.6. The number of allylic oxidation sites excluding steroid dienone is 5. The number of hydrogen-bond acceptors (Lipinski definition) is 3. The van der Waals surface area contributed by atoms with Gasteiger partial charge < -0.3 is 5.73 Å². The lowest BCUT2D eigenvalue weighted by Crippen LogP contribution is -2.12. The van der Waals surface area contributed by atoms with E-state index in [0.29, 0.717) is 30.9 Å². The molecule has 0 bridgehead atoms. The van der Waals surface area contributed by atoms with Crippen LogP contribution in [0, 0.1) is 0 Å². The molecule has 0 aliphatic rings. The Labute approximate surface area is 152 Å². The zero-order valence-corrected chi connectivity index (χ0v) is 16.4. The predicted octanol–water partition coefficient (Wildman–Crippen LogP) is 5.28. The SMILES string of the molecule is C=C(/C=C\C(=C/CC)n1nc(C(C)(C)C)cc1N)CCC(=O)CCC. The fraction of sp³-hybridized carbons (Fsp3) is 0.524. The van der Waals surface area contributed by atoms with E-state index in [2.05, 4.69) is 45.4 Å². The molecule has 0 atom stereocenters. The monoisotopic (exact) mass is 343 g/mol. The number of nitrogens with zero attached hydrogens (tertiary/aromatic N) is 2. The van der Waals surface area contributed by atoms with Gasteiger partial charge in [0.25, 0.3) is 0 Å². The summed E-state index contributed by atoms with van der Waals surface area (Å²) in [6.45, 7) is 14.5. The third kappa shape index (κ3) is 6.73. The molecule has 0 saturated heterocycles. The standard InChI is InChI=1S/C21H33N3O/c1-7-9-17(13-11-16(3)12-14-18(25)10-8-2)24-20(22)15-19(23-24)21(4,5)6/h9,11,13,15H,3,7-8,10,12,14,22H2,1-2,4-6H3/b13-11-,17-9+. The molecular formula is C21H33N3O. The number of nitrogens with two attached hydrogens (primary N) is 1. The molecule has 0 fully saturated rings. The molecule has 0 spiro atoms. The Hall–Kier alpha value is -2.10. The van der Waals surface area contributed by atoms with Crippen LogP contribution in [0.3, 0.4) is 0 Å². The maximum Gasteiger partial charge on any atom is 0.133 e. The first kappa shape index (κ1) is 20.9. The Morgan fingerprint density at radius 1 is 1.24 bits per heavy atom. The first-order valence-electron chi connectivity index (χ1n) is 9.13. The fourth-order valence-electron chi connectivity index (χ4n) is 2.39. The van der Waals surface area contributed by atoms with Crippen LogP contribution in [0.2, 0.25) is 0 Å². The molecule has 2 N–H and O–H groups in total. The number of nitrogen functional groups attached to an aromatic ring is 1. The van der Waals surface area contributed by atoms with Crippen LogP contribution in [0.15, 0.2) is 36.4 Å². The van der Waals surface area contributed by atoms with E-state index in [1.807, 2.05) is 25.1 Å². The summed E-state index contributed by atoms with van der Waals surface area (Å²) in [6, 6.07) is 1.93. The van der Waals surface area contributed by atoms with Gasteiger partial charge in [0.15, 0.2) is 0 Å². The van der Waals surface area contributed by atoms with E-state index in [9.17, 15) is 4.79 Å². The number of rotatable bonds is 9. The van der Waals surface area contributed by atoms with E-state index in [4.69, 9.17) is 5.73 Å². The zero-order chi connectivity index (χ0) is 19.0. The zero-order valence-electron chi connectivity index (χ0n) is 16.4. The van der Waals surface area contributed by atoms with Crippen LogP contribution in [0.4, 0.5) is 5.82 Å². The van der Waals surface area contributed by atoms with E-state index in [1.165, 1.54) is 0 Å². The summed E-state index contributed by atoms with van der Waals surface area (Å²) in [5.41, 5.74) is 8.94. The van der Waals surface area contributed by atoms with E-state index in [-0.39, 0.29) is 5.41 Å². The van der Waals surface area contributed by atoms with Gasteiger partial charge in [-0.05, 0) is 25.3 Å². The first-order chi connectivity index (χ1) is 11.7. The average Bonchev–Trinajstić information content (AvgIpc) is 2.91. The second-order valence-corrected chi connectivity index (χ2v) is 7.43. The molecule has 0 unspecified atom stereocenters. The summed E-state index contributed by atoms with van der Waals surface area (Å²) in [7, 11) is 0. The number of anilines is 1. The lowest BCUT2D eigenvalue weighted by molar-refractivity contribution is -0.119. The number of hydrogen-bond donors (Lipinski definition) is 1. The Balaban J connectivity index is 2.88. The number of Topliss-reactive ketones (excluding diaryl/α,β-unsaturated/α-hetero) is 1. The Morgan fingerprint density at radius 2 is 1.92 bits per heavy atom. The Morgan fingerprint density at radius 3 is 2.44 bits per heavy atom. The summed E-state index contributed by atoms with van der Waals surface area (Å²) in [5.74, 6) is 0.922. The van der Waals surface area contributed by atoms with Gasteiger partial charge in [-0.1, -0.05) is 58.9 Å². The summed E-state index contributed by atoms with van der Waals surface area (Å²) in [5, 5.41) is 4.66. The lowest BCUT2D eigenvalue weighted by Gasteiger charge is -2.14. The van der Waals surface area contributed by atoms with Crippen LogP contribution in [0.5, 0.6) is 0 Å². The molecular weight excluding hydrogens is 310 g/mol. The molecule has 0 saturated carbocycles. The Bertz CT molecular complexity index is 657. The molecule has 1 aromatic rings. The van der Waals surface area contributed by atoms with Gasteiger partial charge in [0, 0.05) is 24.3 Å². The van der Waals surface area contributed by atoms with E-state index in [1.54, 1.807) is 4.68 Å². The van der Waals surface area contributed by atoms with Crippen LogP contribution >= 0.6 is 0 Å². The maximum atomic E-state index is 11.6. The molecule has 25 heavy (non-hydrogen) atoms. The van der Waals surface area contributed by atoms with Crippen molar-refractivity contribution in [3.05, 3.63) is 42.1 Å². The van der Waals surface area contributed by atoms with Crippen molar-refractivity contribution >= 4 is 17.3 Å². The number of aromatic nitrogens is 2. The van der Waals surface area contributed by atoms with Crippen molar-refractivity contribution in [1.82, 2.24) is 9.78 Å². The van der Waals surface area contributed by atoms with Crippen molar-refractivity contribution in [2.75, 3.05) is 5.73 Å². The summed E-state index contributed by atoms with van der Waals surface area (Å²) < 4.78 is 1.77. The largest absolute Gasteiger partial charge is 0.384 e. The van der Waals surface area contributed by atoms with Gasteiger partial charge in [0.05, 0.1) is 11.4 Å². The normalized spacial score (nSPS) is 12.8. The lowest BCUT2D eigenvalue weighted by atomic mass is 9.92. The van der Waals surface area contributed by atoms with Gasteiger partial charge in [0.1, 0.15) is 11.6 Å². The van der Waals surface area contributed by atoms with Gasteiger partial charge in [-0.15, -0.1) is 0 Å².